The molecule has 0 spiro atoms. The van der Waals surface area contributed by atoms with E-state index in [4.69, 9.17) is 14.2 Å². The first kappa shape index (κ1) is 27.1. The van der Waals surface area contributed by atoms with Gasteiger partial charge in [-0.2, -0.15) is 0 Å². The summed E-state index contributed by atoms with van der Waals surface area (Å²) in [7, 11) is 6.98. The van der Waals surface area contributed by atoms with Crippen LogP contribution in [0.5, 0.6) is 11.5 Å². The van der Waals surface area contributed by atoms with Crippen LogP contribution in [-0.2, 0) is 11.3 Å². The van der Waals surface area contributed by atoms with Gasteiger partial charge >= 0.3 is 0 Å². The van der Waals surface area contributed by atoms with Gasteiger partial charge in [-0.25, -0.2) is 4.39 Å². The molecule has 1 atom stereocenters. The van der Waals surface area contributed by atoms with E-state index in [0.717, 1.165) is 30.2 Å². The summed E-state index contributed by atoms with van der Waals surface area (Å²) in [5.74, 6) is 1.92. The molecule has 0 amide bonds. The Morgan fingerprint density at radius 3 is 2.52 bits per heavy atom. The van der Waals surface area contributed by atoms with Crippen molar-refractivity contribution in [2.24, 2.45) is 4.99 Å². The summed E-state index contributed by atoms with van der Waals surface area (Å²) >= 11 is 0. The molecule has 1 saturated heterocycles. The van der Waals surface area contributed by atoms with Crippen molar-refractivity contribution in [2.45, 2.75) is 12.6 Å². The first-order valence-corrected chi connectivity index (χ1v) is 10.8. The second kappa shape index (κ2) is 13.6. The molecule has 2 aromatic carbocycles. The lowest BCUT2D eigenvalue weighted by molar-refractivity contribution is 0.0168. The van der Waals surface area contributed by atoms with E-state index in [0.29, 0.717) is 37.8 Å². The number of halogens is 2. The summed E-state index contributed by atoms with van der Waals surface area (Å²) < 4.78 is 30.0. The molecular weight excluding hydrogens is 538 g/mol. The Bertz CT molecular complexity index is 909. The topological polar surface area (TPSA) is 58.6 Å². The molecule has 1 aliphatic heterocycles. The van der Waals surface area contributed by atoms with E-state index in [2.05, 4.69) is 21.3 Å². The minimum atomic E-state index is -0.236. The number of methoxy groups -OCH3 is 2. The van der Waals surface area contributed by atoms with Gasteiger partial charge in [0.15, 0.2) is 17.5 Å². The fourth-order valence-electron chi connectivity index (χ4n) is 3.96. The van der Waals surface area contributed by atoms with E-state index in [1.54, 1.807) is 33.4 Å². The van der Waals surface area contributed by atoms with Crippen LogP contribution >= 0.6 is 24.0 Å². The maximum Gasteiger partial charge on any atom is 0.193 e. The van der Waals surface area contributed by atoms with Gasteiger partial charge < -0.3 is 24.4 Å². The van der Waals surface area contributed by atoms with Crippen LogP contribution in [0.4, 0.5) is 4.39 Å². The molecule has 1 N–H and O–H groups in total. The SMILES string of the molecule is CN=C(NCC(c1ccc(OC)c(OC)c1)N1CCOCC1)N(C)Cc1cccc(F)c1.I. The fraction of sp³-hybridized carbons (Fsp3) is 0.458. The number of benzene rings is 2. The van der Waals surface area contributed by atoms with Crippen molar-refractivity contribution >= 4 is 29.9 Å². The highest BCUT2D eigenvalue weighted by Crippen LogP contribution is 2.32. The highest BCUT2D eigenvalue weighted by molar-refractivity contribution is 14.0. The zero-order chi connectivity index (χ0) is 22.9. The Labute approximate surface area is 212 Å². The number of ether oxygens (including phenoxy) is 3. The number of hydrogen-bond acceptors (Lipinski definition) is 5. The molecule has 2 aromatic rings. The Morgan fingerprint density at radius 1 is 1.15 bits per heavy atom. The van der Waals surface area contributed by atoms with E-state index in [1.807, 2.05) is 30.1 Å². The predicted octanol–water partition coefficient (Wildman–Crippen LogP) is 3.54. The Balaban J connectivity index is 0.00000385. The van der Waals surface area contributed by atoms with Crippen LogP contribution < -0.4 is 14.8 Å². The van der Waals surface area contributed by atoms with Crippen LogP contribution in [0.1, 0.15) is 17.2 Å². The molecule has 1 aliphatic rings. The van der Waals surface area contributed by atoms with Gasteiger partial charge in [0, 0.05) is 40.3 Å². The second-order valence-electron chi connectivity index (χ2n) is 7.69. The van der Waals surface area contributed by atoms with Crippen LogP contribution in [0.2, 0.25) is 0 Å². The monoisotopic (exact) mass is 572 g/mol. The number of aliphatic imine (C=N–C) groups is 1. The third-order valence-corrected chi connectivity index (χ3v) is 5.61. The van der Waals surface area contributed by atoms with Gasteiger partial charge in [0.05, 0.1) is 33.5 Å². The van der Waals surface area contributed by atoms with Crippen LogP contribution in [0.25, 0.3) is 0 Å². The van der Waals surface area contributed by atoms with E-state index >= 15 is 0 Å². The van der Waals surface area contributed by atoms with E-state index in [9.17, 15) is 4.39 Å². The van der Waals surface area contributed by atoms with Gasteiger partial charge in [0.25, 0.3) is 0 Å². The minimum Gasteiger partial charge on any atom is -0.493 e. The van der Waals surface area contributed by atoms with Gasteiger partial charge in [-0.1, -0.05) is 18.2 Å². The predicted molar refractivity (Wildman–Crippen MR) is 139 cm³/mol. The summed E-state index contributed by atoms with van der Waals surface area (Å²) in [6.07, 6.45) is 0. The average Bonchev–Trinajstić information content (AvgIpc) is 2.82. The van der Waals surface area contributed by atoms with Crippen LogP contribution in [-0.4, -0.2) is 76.9 Å². The van der Waals surface area contributed by atoms with Crippen LogP contribution in [0.3, 0.4) is 0 Å². The van der Waals surface area contributed by atoms with Crippen molar-refractivity contribution in [1.29, 1.82) is 0 Å². The number of guanidine groups is 1. The van der Waals surface area contributed by atoms with Crippen molar-refractivity contribution in [3.63, 3.8) is 0 Å². The standard InChI is InChI=1S/C24H33FN4O3.HI/c1-26-24(28(2)17-18-6-5-7-20(25)14-18)27-16-21(29-10-12-32-13-11-29)19-8-9-22(30-3)23(15-19)31-4;/h5-9,14-15,21H,10-13,16-17H2,1-4H3,(H,26,27);1H. The molecule has 1 unspecified atom stereocenters. The zero-order valence-corrected chi connectivity index (χ0v) is 22.0. The molecule has 3 rings (SSSR count). The van der Waals surface area contributed by atoms with E-state index < -0.39 is 0 Å². The minimum absolute atomic E-state index is 0. The third-order valence-electron chi connectivity index (χ3n) is 5.61. The largest absolute Gasteiger partial charge is 0.493 e. The van der Waals surface area contributed by atoms with Crippen molar-refractivity contribution in [1.82, 2.24) is 15.1 Å². The number of nitrogens with one attached hydrogen (secondary N) is 1. The van der Waals surface area contributed by atoms with Gasteiger partial charge in [0.2, 0.25) is 0 Å². The van der Waals surface area contributed by atoms with Gasteiger partial charge in [-0.3, -0.25) is 9.89 Å². The number of nitrogens with zero attached hydrogens (tertiary/aromatic N) is 3. The van der Waals surface area contributed by atoms with Crippen molar-refractivity contribution < 1.29 is 18.6 Å². The molecule has 0 saturated carbocycles. The highest BCUT2D eigenvalue weighted by atomic mass is 127. The normalized spacial score (nSPS) is 15.4. The van der Waals surface area contributed by atoms with E-state index in [-0.39, 0.29) is 35.8 Å². The molecule has 1 fully saturated rings. The lowest BCUT2D eigenvalue weighted by Gasteiger charge is -2.36. The summed E-state index contributed by atoms with van der Waals surface area (Å²) in [5.41, 5.74) is 2.01. The first-order chi connectivity index (χ1) is 15.5. The summed E-state index contributed by atoms with van der Waals surface area (Å²) in [6.45, 7) is 4.30. The quantitative estimate of drug-likeness (QED) is 0.297. The second-order valence-corrected chi connectivity index (χ2v) is 7.69. The molecule has 9 heteroatoms. The lowest BCUT2D eigenvalue weighted by atomic mass is 10.0. The first-order valence-electron chi connectivity index (χ1n) is 10.8. The Morgan fingerprint density at radius 2 is 1.88 bits per heavy atom. The summed E-state index contributed by atoms with van der Waals surface area (Å²) in [4.78, 5) is 8.81. The summed E-state index contributed by atoms with van der Waals surface area (Å²) in [6, 6.07) is 12.8. The van der Waals surface area contributed by atoms with Gasteiger partial charge in [-0.15, -0.1) is 24.0 Å². The molecule has 0 aromatic heterocycles. The number of morpholine rings is 1. The molecular formula is C24H34FIN4O3. The maximum absolute atomic E-state index is 13.6. The molecule has 33 heavy (non-hydrogen) atoms. The lowest BCUT2D eigenvalue weighted by Crippen LogP contribution is -2.46. The van der Waals surface area contributed by atoms with Gasteiger partial charge in [-0.05, 0) is 35.4 Å². The van der Waals surface area contributed by atoms with Crippen molar-refractivity contribution in [2.75, 3.05) is 61.2 Å². The molecule has 0 aliphatic carbocycles. The number of rotatable bonds is 8. The van der Waals surface area contributed by atoms with Gasteiger partial charge in [0.1, 0.15) is 5.82 Å². The third kappa shape index (κ3) is 7.44. The van der Waals surface area contributed by atoms with E-state index in [1.165, 1.54) is 6.07 Å². The van der Waals surface area contributed by atoms with Crippen molar-refractivity contribution in [3.8, 4) is 11.5 Å². The highest BCUT2D eigenvalue weighted by Gasteiger charge is 2.24. The zero-order valence-electron chi connectivity index (χ0n) is 19.7. The molecule has 0 bridgehead atoms. The molecule has 7 nitrogen and oxygen atoms in total. The fourth-order valence-corrected chi connectivity index (χ4v) is 3.96. The molecule has 182 valence electrons. The smallest absolute Gasteiger partial charge is 0.193 e. The Kier molecular flexibility index (Phi) is 11.2. The molecule has 0 radical (unpaired) electrons. The average molecular weight is 572 g/mol. The van der Waals surface area contributed by atoms with Crippen LogP contribution in [0, 0.1) is 5.82 Å². The summed E-state index contributed by atoms with van der Waals surface area (Å²) in [5, 5.41) is 3.49. The number of hydrogen-bond donors (Lipinski definition) is 1. The van der Waals surface area contributed by atoms with Crippen molar-refractivity contribution in [3.05, 3.63) is 59.4 Å². The van der Waals surface area contributed by atoms with Crippen LogP contribution in [0.15, 0.2) is 47.5 Å². The molecule has 1 heterocycles. The Hall–Kier alpha value is -2.11. The maximum atomic E-state index is 13.6.